The zero-order valence-electron chi connectivity index (χ0n) is 10.5. The van der Waals surface area contributed by atoms with Crippen LogP contribution >= 0.6 is 12.4 Å². The fraction of sp³-hybridized carbons (Fsp3) is 0.385. The van der Waals surface area contributed by atoms with Crippen LogP contribution in [-0.4, -0.2) is 22.8 Å². The van der Waals surface area contributed by atoms with Crippen molar-refractivity contribution >= 4 is 18.4 Å². The highest BCUT2D eigenvalue weighted by Crippen LogP contribution is 2.23. The number of nitrogens with zero attached hydrogens (tertiary/aromatic N) is 2. The van der Waals surface area contributed by atoms with Gasteiger partial charge in [-0.1, -0.05) is 29.4 Å². The average molecular weight is 281 g/mol. The highest BCUT2D eigenvalue weighted by molar-refractivity contribution is 5.85. The third kappa shape index (κ3) is 3.05. The number of aromatic nitrogens is 2. The molecule has 0 atom stereocenters. The Hall–Kier alpha value is -1.59. The Morgan fingerprint density at radius 3 is 2.53 bits per heavy atom. The summed E-state index contributed by atoms with van der Waals surface area (Å²) in [7, 11) is 0. The van der Waals surface area contributed by atoms with Crippen molar-refractivity contribution in [1.82, 2.24) is 10.2 Å². The van der Waals surface area contributed by atoms with Crippen LogP contribution in [0.4, 0.5) is 6.01 Å². The molecule has 0 saturated heterocycles. The molecule has 0 fully saturated rings. The van der Waals surface area contributed by atoms with E-state index in [1.54, 1.807) is 0 Å². The van der Waals surface area contributed by atoms with E-state index in [9.17, 15) is 0 Å². The zero-order valence-corrected chi connectivity index (χ0v) is 11.3. The highest BCUT2D eigenvalue weighted by atomic mass is 35.5. The molecular formula is C13H17ClN4O. The van der Waals surface area contributed by atoms with E-state index in [1.165, 1.54) is 11.1 Å². The molecule has 1 aliphatic carbocycles. The molecular weight excluding hydrogens is 264 g/mol. The minimum Gasteiger partial charge on any atom is -0.408 e. The first-order chi connectivity index (χ1) is 8.85. The van der Waals surface area contributed by atoms with Gasteiger partial charge in [0.05, 0.1) is 0 Å². The molecule has 0 radical (unpaired) electrons. The topological polar surface area (TPSA) is 77.0 Å². The van der Waals surface area contributed by atoms with E-state index in [2.05, 4.69) is 39.8 Å². The van der Waals surface area contributed by atoms with Crippen LogP contribution in [0.3, 0.4) is 0 Å². The molecule has 0 saturated carbocycles. The minimum absolute atomic E-state index is 0. The van der Waals surface area contributed by atoms with Gasteiger partial charge in [-0.15, -0.1) is 17.5 Å². The Morgan fingerprint density at radius 1 is 1.21 bits per heavy atom. The largest absolute Gasteiger partial charge is 0.408 e. The highest BCUT2D eigenvalue weighted by Gasteiger charge is 2.22. The van der Waals surface area contributed by atoms with Crippen molar-refractivity contribution in [1.29, 1.82) is 0 Å². The van der Waals surface area contributed by atoms with Gasteiger partial charge >= 0.3 is 6.01 Å². The molecule has 5 nitrogen and oxygen atoms in total. The standard InChI is InChI=1S/C13H16N4O.ClH/c14-6-5-12-16-17-13(18-12)15-11-7-9-3-1-2-4-10(9)8-11;/h1-4,11H,5-8,14H2,(H,15,17);1H. The van der Waals surface area contributed by atoms with Crippen molar-refractivity contribution in [2.24, 2.45) is 5.73 Å². The summed E-state index contributed by atoms with van der Waals surface area (Å²) in [6.07, 6.45) is 2.63. The molecule has 6 heteroatoms. The van der Waals surface area contributed by atoms with E-state index in [-0.39, 0.29) is 12.4 Å². The van der Waals surface area contributed by atoms with Crippen LogP contribution in [0.1, 0.15) is 17.0 Å². The molecule has 0 aliphatic heterocycles. The smallest absolute Gasteiger partial charge is 0.315 e. The van der Waals surface area contributed by atoms with Gasteiger partial charge in [0.2, 0.25) is 5.89 Å². The summed E-state index contributed by atoms with van der Waals surface area (Å²) in [5.41, 5.74) is 8.24. The van der Waals surface area contributed by atoms with Gasteiger partial charge in [-0.2, -0.15) is 0 Å². The molecule has 102 valence electrons. The molecule has 1 aromatic carbocycles. The lowest BCUT2D eigenvalue weighted by Gasteiger charge is -2.08. The van der Waals surface area contributed by atoms with Crippen LogP contribution in [0.25, 0.3) is 0 Å². The second-order valence-electron chi connectivity index (χ2n) is 4.56. The monoisotopic (exact) mass is 280 g/mol. The number of hydrogen-bond acceptors (Lipinski definition) is 5. The van der Waals surface area contributed by atoms with Gasteiger partial charge in [-0.25, -0.2) is 0 Å². The molecule has 1 aliphatic rings. The number of anilines is 1. The Morgan fingerprint density at radius 2 is 1.89 bits per heavy atom. The first-order valence-corrected chi connectivity index (χ1v) is 6.21. The van der Waals surface area contributed by atoms with Crippen molar-refractivity contribution in [3.63, 3.8) is 0 Å². The zero-order chi connectivity index (χ0) is 12.4. The number of halogens is 1. The molecule has 1 aromatic heterocycles. The second-order valence-corrected chi connectivity index (χ2v) is 4.56. The van der Waals surface area contributed by atoms with E-state index in [4.69, 9.17) is 10.2 Å². The van der Waals surface area contributed by atoms with Crippen LogP contribution in [0.15, 0.2) is 28.7 Å². The Bertz CT molecular complexity index is 518. The van der Waals surface area contributed by atoms with E-state index in [0.29, 0.717) is 30.9 Å². The summed E-state index contributed by atoms with van der Waals surface area (Å²) >= 11 is 0. The van der Waals surface area contributed by atoms with Gasteiger partial charge in [-0.05, 0) is 24.0 Å². The van der Waals surface area contributed by atoms with Crippen LogP contribution in [0.5, 0.6) is 0 Å². The Balaban J connectivity index is 0.00000133. The van der Waals surface area contributed by atoms with Gasteiger partial charge < -0.3 is 15.5 Å². The van der Waals surface area contributed by atoms with Crippen molar-refractivity contribution in [3.05, 3.63) is 41.3 Å². The summed E-state index contributed by atoms with van der Waals surface area (Å²) < 4.78 is 5.47. The third-order valence-corrected chi connectivity index (χ3v) is 3.20. The summed E-state index contributed by atoms with van der Waals surface area (Å²) in [6.45, 7) is 0.524. The maximum atomic E-state index is 5.47. The fourth-order valence-electron chi connectivity index (χ4n) is 2.37. The lowest BCUT2D eigenvalue weighted by molar-refractivity contribution is 0.499. The normalized spacial score (nSPS) is 13.9. The minimum atomic E-state index is 0. The van der Waals surface area contributed by atoms with Crippen LogP contribution in [0.2, 0.25) is 0 Å². The summed E-state index contributed by atoms with van der Waals surface area (Å²) in [5.74, 6) is 0.593. The number of hydrogen-bond donors (Lipinski definition) is 2. The maximum Gasteiger partial charge on any atom is 0.315 e. The van der Waals surface area contributed by atoms with Crippen molar-refractivity contribution in [2.45, 2.75) is 25.3 Å². The van der Waals surface area contributed by atoms with E-state index < -0.39 is 0 Å². The van der Waals surface area contributed by atoms with Gasteiger partial charge in [0.1, 0.15) is 0 Å². The van der Waals surface area contributed by atoms with E-state index >= 15 is 0 Å². The average Bonchev–Trinajstić information content (AvgIpc) is 2.96. The van der Waals surface area contributed by atoms with Crippen LogP contribution in [-0.2, 0) is 19.3 Å². The molecule has 0 amide bonds. The van der Waals surface area contributed by atoms with Crippen LogP contribution in [0, 0.1) is 0 Å². The lowest BCUT2D eigenvalue weighted by Crippen LogP contribution is -2.19. The first kappa shape index (κ1) is 13.8. The van der Waals surface area contributed by atoms with Crippen molar-refractivity contribution in [2.75, 3.05) is 11.9 Å². The van der Waals surface area contributed by atoms with Crippen molar-refractivity contribution < 1.29 is 4.42 Å². The maximum absolute atomic E-state index is 5.47. The second kappa shape index (κ2) is 6.04. The van der Waals surface area contributed by atoms with Gasteiger partial charge in [0.15, 0.2) is 0 Å². The lowest BCUT2D eigenvalue weighted by atomic mass is 10.1. The molecule has 3 rings (SSSR count). The molecule has 2 aromatic rings. The number of fused-ring (bicyclic) bond motifs is 1. The summed E-state index contributed by atoms with van der Waals surface area (Å²) in [5, 5.41) is 11.2. The molecule has 19 heavy (non-hydrogen) atoms. The van der Waals surface area contributed by atoms with Gasteiger partial charge in [0, 0.05) is 19.0 Å². The number of nitrogens with one attached hydrogen (secondary N) is 1. The fourth-order valence-corrected chi connectivity index (χ4v) is 2.37. The summed E-state index contributed by atoms with van der Waals surface area (Å²) in [6, 6.07) is 9.33. The SMILES string of the molecule is Cl.NCCc1nnc(NC2Cc3ccccc3C2)o1. The van der Waals surface area contributed by atoms with Crippen molar-refractivity contribution in [3.8, 4) is 0 Å². The third-order valence-electron chi connectivity index (χ3n) is 3.20. The number of nitrogens with two attached hydrogens (primary N) is 1. The first-order valence-electron chi connectivity index (χ1n) is 6.21. The Kier molecular flexibility index (Phi) is 4.39. The molecule has 0 unspecified atom stereocenters. The molecule has 0 spiro atoms. The van der Waals surface area contributed by atoms with E-state index in [0.717, 1.165) is 12.8 Å². The van der Waals surface area contributed by atoms with Gasteiger partial charge in [0.25, 0.3) is 0 Å². The van der Waals surface area contributed by atoms with E-state index in [1.807, 2.05) is 0 Å². The molecule has 1 heterocycles. The number of benzene rings is 1. The summed E-state index contributed by atoms with van der Waals surface area (Å²) in [4.78, 5) is 0. The molecule has 0 bridgehead atoms. The predicted octanol–water partition coefficient (Wildman–Crippen LogP) is 1.57. The predicted molar refractivity (Wildman–Crippen MR) is 75.6 cm³/mol. The Labute approximate surface area is 118 Å². The van der Waals surface area contributed by atoms with Crippen LogP contribution < -0.4 is 11.1 Å². The quantitative estimate of drug-likeness (QED) is 0.889. The molecule has 3 N–H and O–H groups in total. The number of rotatable bonds is 4. The van der Waals surface area contributed by atoms with Gasteiger partial charge in [-0.3, -0.25) is 0 Å².